The van der Waals surface area contributed by atoms with Crippen molar-refractivity contribution < 1.29 is 18.1 Å². The van der Waals surface area contributed by atoms with Gasteiger partial charge in [-0.25, -0.2) is 4.98 Å². The van der Waals surface area contributed by atoms with Gasteiger partial charge in [-0.15, -0.1) is 0 Å². The second-order valence-corrected chi connectivity index (χ2v) is 5.19. The van der Waals surface area contributed by atoms with Crippen molar-refractivity contribution in [3.05, 3.63) is 62.1 Å². The highest BCUT2D eigenvalue weighted by Crippen LogP contribution is 2.31. The Morgan fingerprint density at radius 3 is 2.40 bits per heavy atom. The maximum absolute atomic E-state index is 12.9. The minimum atomic E-state index is -4.84. The monoisotopic (exact) mass is 354 g/mol. The van der Waals surface area contributed by atoms with Crippen LogP contribution in [-0.4, -0.2) is 14.5 Å². The molecule has 0 amide bonds. The number of benzene rings is 1. The summed E-state index contributed by atoms with van der Waals surface area (Å²) in [5.41, 5.74) is -1.57. The zero-order chi connectivity index (χ0) is 18.9. The van der Waals surface area contributed by atoms with Gasteiger partial charge < -0.3 is 5.32 Å². The molecule has 0 saturated heterocycles. The second-order valence-electron chi connectivity index (χ2n) is 5.19. The summed E-state index contributed by atoms with van der Waals surface area (Å²) >= 11 is 0. The summed E-state index contributed by atoms with van der Waals surface area (Å²) in [6.07, 6.45) is -3.88. The molecule has 132 valence electrons. The number of nitro benzene ring substituents is 1. The van der Waals surface area contributed by atoms with Gasteiger partial charge in [0.2, 0.25) is 5.95 Å². The Kier molecular flexibility index (Phi) is 4.64. The van der Waals surface area contributed by atoms with Crippen LogP contribution in [-0.2, 0) is 6.18 Å². The fourth-order valence-electron chi connectivity index (χ4n) is 2.07. The molecule has 0 atom stereocenters. The van der Waals surface area contributed by atoms with Crippen molar-refractivity contribution in [2.45, 2.75) is 20.0 Å². The van der Waals surface area contributed by atoms with E-state index >= 15 is 0 Å². The smallest absolute Gasteiger partial charge is 0.319 e. The molecule has 0 unspecified atom stereocenters. The Morgan fingerprint density at radius 1 is 1.28 bits per heavy atom. The van der Waals surface area contributed by atoms with E-state index in [0.717, 1.165) is 10.8 Å². The minimum absolute atomic E-state index is 0.0880. The van der Waals surface area contributed by atoms with Crippen molar-refractivity contribution >= 4 is 23.5 Å². The molecular weight excluding hydrogens is 341 g/mol. The van der Waals surface area contributed by atoms with Crippen LogP contribution in [0, 0.1) is 24.0 Å². The number of aromatic nitrogens is 2. The third-order valence-corrected chi connectivity index (χ3v) is 3.48. The van der Waals surface area contributed by atoms with Gasteiger partial charge in [-0.05, 0) is 31.0 Å². The normalized spacial score (nSPS) is 11.2. The highest BCUT2D eigenvalue weighted by atomic mass is 19.4. The van der Waals surface area contributed by atoms with Crippen LogP contribution in [0.5, 0.6) is 0 Å². The summed E-state index contributed by atoms with van der Waals surface area (Å²) in [6, 6.07) is 3.00. The number of nitrogens with zero attached hydrogens (tertiary/aromatic N) is 3. The number of hydrogen-bond donors (Lipinski definition) is 1. The number of nitrogens with one attached hydrogen (secondary N) is 1. The summed E-state index contributed by atoms with van der Waals surface area (Å²) in [4.78, 5) is 25.7. The molecule has 1 N–H and O–H groups in total. The Hall–Kier alpha value is -3.17. The van der Waals surface area contributed by atoms with Crippen molar-refractivity contribution in [2.24, 2.45) is 0 Å². The van der Waals surface area contributed by atoms with E-state index in [0.29, 0.717) is 17.2 Å². The molecule has 0 fully saturated rings. The third kappa shape index (κ3) is 3.67. The fourth-order valence-corrected chi connectivity index (χ4v) is 2.07. The lowest BCUT2D eigenvalue weighted by molar-refractivity contribution is -0.384. The van der Waals surface area contributed by atoms with E-state index in [1.54, 1.807) is 13.8 Å². The average molecular weight is 354 g/mol. The lowest BCUT2D eigenvalue weighted by Gasteiger charge is -2.14. The molecule has 0 spiro atoms. The van der Waals surface area contributed by atoms with Crippen LogP contribution in [0.15, 0.2) is 29.6 Å². The van der Waals surface area contributed by atoms with E-state index in [9.17, 15) is 28.1 Å². The first kappa shape index (κ1) is 18.2. The van der Waals surface area contributed by atoms with Crippen LogP contribution < -0.4 is 10.9 Å². The van der Waals surface area contributed by atoms with E-state index in [4.69, 9.17) is 0 Å². The van der Waals surface area contributed by atoms with Gasteiger partial charge in [0.15, 0.2) is 5.69 Å². The van der Waals surface area contributed by atoms with E-state index in [1.165, 1.54) is 12.1 Å². The molecule has 0 aliphatic carbocycles. The lowest BCUT2D eigenvalue weighted by Crippen LogP contribution is -2.23. The maximum atomic E-state index is 12.9. The maximum Gasteiger partial charge on any atom is 0.433 e. The van der Waals surface area contributed by atoms with Crippen LogP contribution in [0.3, 0.4) is 0 Å². The molecule has 2 rings (SSSR count). The van der Waals surface area contributed by atoms with Gasteiger partial charge in [0, 0.05) is 18.3 Å². The molecular formula is C15H13F3N4O3. The third-order valence-electron chi connectivity index (χ3n) is 3.48. The van der Waals surface area contributed by atoms with E-state index in [2.05, 4.69) is 16.9 Å². The number of anilines is 2. The lowest BCUT2D eigenvalue weighted by atomic mass is 10.1. The first-order valence-electron chi connectivity index (χ1n) is 6.90. The SMILES string of the molecule is C=Cn1c(Nc2cc(C)c(C)cc2[N+](=O)[O-])nc(C(F)(F)F)cc1=O. The predicted octanol–water partition coefficient (Wildman–Crippen LogP) is 3.63. The van der Waals surface area contributed by atoms with Gasteiger partial charge in [-0.2, -0.15) is 13.2 Å². The topological polar surface area (TPSA) is 90.1 Å². The van der Waals surface area contributed by atoms with Gasteiger partial charge in [0.25, 0.3) is 11.2 Å². The van der Waals surface area contributed by atoms with Crippen molar-refractivity contribution in [1.29, 1.82) is 0 Å². The van der Waals surface area contributed by atoms with Gasteiger partial charge in [0.05, 0.1) is 4.92 Å². The van der Waals surface area contributed by atoms with E-state index < -0.39 is 28.3 Å². The zero-order valence-electron chi connectivity index (χ0n) is 13.2. The fraction of sp³-hybridized carbons (Fsp3) is 0.200. The van der Waals surface area contributed by atoms with Crippen molar-refractivity contribution in [2.75, 3.05) is 5.32 Å². The van der Waals surface area contributed by atoms with Crippen LogP contribution in [0.2, 0.25) is 0 Å². The van der Waals surface area contributed by atoms with Crippen molar-refractivity contribution in [3.8, 4) is 0 Å². The van der Waals surface area contributed by atoms with Gasteiger partial charge in [0.1, 0.15) is 5.69 Å². The van der Waals surface area contributed by atoms with E-state index in [1.807, 2.05) is 0 Å². The quantitative estimate of drug-likeness (QED) is 0.669. The zero-order valence-corrected chi connectivity index (χ0v) is 13.2. The van der Waals surface area contributed by atoms with Crippen molar-refractivity contribution in [1.82, 2.24) is 9.55 Å². The van der Waals surface area contributed by atoms with Gasteiger partial charge in [-0.3, -0.25) is 19.5 Å². The largest absolute Gasteiger partial charge is 0.433 e. The highest BCUT2D eigenvalue weighted by molar-refractivity contribution is 5.69. The van der Waals surface area contributed by atoms with Crippen LogP contribution in [0.1, 0.15) is 16.8 Å². The molecule has 0 aliphatic heterocycles. The van der Waals surface area contributed by atoms with Crippen LogP contribution >= 0.6 is 0 Å². The van der Waals surface area contributed by atoms with E-state index in [-0.39, 0.29) is 11.4 Å². The number of aryl methyl sites for hydroxylation is 2. The summed E-state index contributed by atoms with van der Waals surface area (Å²) in [5, 5.41) is 13.6. The standard InChI is InChI=1S/C15H13F3N4O3/c1-4-21-13(23)7-12(15(16,17)18)20-14(21)19-10-5-8(2)9(3)6-11(10)22(24)25/h4-7H,1H2,2-3H3,(H,19,20). The summed E-state index contributed by atoms with van der Waals surface area (Å²) < 4.78 is 39.4. The molecule has 7 nitrogen and oxygen atoms in total. The Balaban J connectivity index is 2.66. The molecule has 0 bridgehead atoms. The molecule has 1 aromatic carbocycles. The Morgan fingerprint density at radius 2 is 1.88 bits per heavy atom. The number of alkyl halides is 3. The molecule has 0 radical (unpaired) electrons. The summed E-state index contributed by atoms with van der Waals surface area (Å²) in [6.45, 7) is 6.69. The minimum Gasteiger partial charge on any atom is -0.319 e. The molecule has 0 aliphatic rings. The van der Waals surface area contributed by atoms with Gasteiger partial charge in [-0.1, -0.05) is 6.58 Å². The summed E-state index contributed by atoms with van der Waals surface area (Å²) in [5.74, 6) is -0.527. The molecule has 0 saturated carbocycles. The highest BCUT2D eigenvalue weighted by Gasteiger charge is 2.34. The Labute approximate surface area is 139 Å². The van der Waals surface area contributed by atoms with Gasteiger partial charge >= 0.3 is 6.18 Å². The number of nitro groups is 1. The van der Waals surface area contributed by atoms with Crippen LogP contribution in [0.4, 0.5) is 30.5 Å². The second kappa shape index (κ2) is 6.38. The molecule has 10 heteroatoms. The first-order valence-corrected chi connectivity index (χ1v) is 6.90. The summed E-state index contributed by atoms with van der Waals surface area (Å²) in [7, 11) is 0. The number of halogens is 3. The first-order chi connectivity index (χ1) is 11.5. The van der Waals surface area contributed by atoms with Crippen molar-refractivity contribution in [3.63, 3.8) is 0 Å². The molecule has 2 aromatic rings. The number of hydrogen-bond acceptors (Lipinski definition) is 5. The Bertz CT molecular complexity index is 919. The van der Waals surface area contributed by atoms with Crippen LogP contribution in [0.25, 0.3) is 6.20 Å². The molecule has 1 aromatic heterocycles. The average Bonchev–Trinajstić information content (AvgIpc) is 2.49. The predicted molar refractivity (Wildman–Crippen MR) is 85.7 cm³/mol. The molecule has 1 heterocycles. The number of rotatable bonds is 4. The molecule has 25 heavy (non-hydrogen) atoms.